The van der Waals surface area contributed by atoms with Crippen molar-refractivity contribution in [1.82, 2.24) is 25.3 Å². The summed E-state index contributed by atoms with van der Waals surface area (Å²) in [7, 11) is 0. The van der Waals surface area contributed by atoms with Crippen LogP contribution < -0.4 is 10.6 Å². The summed E-state index contributed by atoms with van der Waals surface area (Å²) in [5.74, 6) is -0.858. The molecule has 2 aliphatic heterocycles. The van der Waals surface area contributed by atoms with E-state index in [0.29, 0.717) is 19.4 Å². The number of rotatable bonds is 3. The van der Waals surface area contributed by atoms with Gasteiger partial charge in [0.15, 0.2) is 0 Å². The molecule has 1 aromatic heterocycles. The van der Waals surface area contributed by atoms with Gasteiger partial charge >= 0.3 is 6.09 Å². The number of amides is 2. The second-order valence-electron chi connectivity index (χ2n) is 7.80. The molecule has 0 radical (unpaired) electrons. The van der Waals surface area contributed by atoms with Gasteiger partial charge in [-0.2, -0.15) is 5.10 Å². The molecule has 1 saturated heterocycles. The maximum Gasteiger partial charge on any atom is 0.410 e. The largest absolute Gasteiger partial charge is 0.493 e. The summed E-state index contributed by atoms with van der Waals surface area (Å²) in [5, 5.41) is 19.7. The summed E-state index contributed by atoms with van der Waals surface area (Å²) >= 11 is 0. The first kappa shape index (κ1) is 19.7. The molecule has 10 heteroatoms. The highest BCUT2D eigenvalue weighted by Gasteiger charge is 2.32. The topological polar surface area (TPSA) is 121 Å². The molecule has 152 valence electrons. The highest BCUT2D eigenvalue weighted by atomic mass is 16.6. The van der Waals surface area contributed by atoms with Gasteiger partial charge in [0.05, 0.1) is 12.1 Å². The first-order valence-corrected chi connectivity index (χ1v) is 9.24. The zero-order chi connectivity index (χ0) is 20.3. The average Bonchev–Trinajstić information content (AvgIpc) is 3.17. The lowest BCUT2D eigenvalue weighted by molar-refractivity contribution is -0.125. The van der Waals surface area contributed by atoms with Gasteiger partial charge in [-0.15, -0.1) is 0 Å². The Morgan fingerprint density at radius 2 is 2.18 bits per heavy atom. The molecule has 3 N–H and O–H groups in total. The van der Waals surface area contributed by atoms with E-state index in [-0.39, 0.29) is 29.9 Å². The van der Waals surface area contributed by atoms with Crippen molar-refractivity contribution >= 4 is 18.2 Å². The molecule has 3 rings (SSSR count). The van der Waals surface area contributed by atoms with Gasteiger partial charge in [-0.1, -0.05) is 0 Å². The monoisotopic (exact) mass is 390 g/mol. The summed E-state index contributed by atoms with van der Waals surface area (Å²) < 4.78 is 6.92. The average molecular weight is 390 g/mol. The van der Waals surface area contributed by atoms with Crippen LogP contribution in [-0.4, -0.2) is 56.7 Å². The van der Waals surface area contributed by atoms with Crippen molar-refractivity contribution in [2.75, 3.05) is 13.1 Å². The van der Waals surface area contributed by atoms with E-state index >= 15 is 0 Å². The Morgan fingerprint density at radius 1 is 1.39 bits per heavy atom. The predicted octanol–water partition coefficient (Wildman–Crippen LogP) is 1.50. The quantitative estimate of drug-likeness (QED) is 0.719. The lowest BCUT2D eigenvalue weighted by atomic mass is 9.97. The second kappa shape index (κ2) is 7.91. The lowest BCUT2D eigenvalue weighted by Gasteiger charge is -2.33. The third kappa shape index (κ3) is 4.81. The molecule has 0 aromatic carbocycles. The molecule has 0 aliphatic carbocycles. The third-order valence-corrected chi connectivity index (χ3v) is 4.34. The van der Waals surface area contributed by atoms with Crippen molar-refractivity contribution in [2.45, 2.75) is 45.5 Å². The maximum absolute atomic E-state index is 12.6. The predicted molar refractivity (Wildman–Crippen MR) is 101 cm³/mol. The van der Waals surface area contributed by atoms with Gasteiger partial charge in [0.25, 0.3) is 0 Å². The van der Waals surface area contributed by atoms with Crippen molar-refractivity contribution in [3.8, 4) is 0 Å². The summed E-state index contributed by atoms with van der Waals surface area (Å²) in [5.41, 5.74) is -0.402. The molecule has 1 fully saturated rings. The molecule has 2 atom stereocenters. The molecule has 2 aliphatic rings. The number of allylic oxidation sites excluding steroid dienone is 1. The molecule has 0 bridgehead atoms. The highest BCUT2D eigenvalue weighted by Crippen LogP contribution is 2.20. The van der Waals surface area contributed by atoms with Crippen molar-refractivity contribution in [2.24, 2.45) is 10.9 Å². The molecule has 2 unspecified atom stereocenters. The number of hydrogen-bond donors (Lipinski definition) is 3. The van der Waals surface area contributed by atoms with Crippen molar-refractivity contribution in [3.05, 3.63) is 30.0 Å². The van der Waals surface area contributed by atoms with Crippen LogP contribution in [0.5, 0.6) is 0 Å². The molecule has 10 nitrogen and oxygen atoms in total. The van der Waals surface area contributed by atoms with Crippen LogP contribution >= 0.6 is 0 Å². The van der Waals surface area contributed by atoms with E-state index in [9.17, 15) is 14.7 Å². The zero-order valence-corrected chi connectivity index (χ0v) is 16.3. The maximum atomic E-state index is 12.6. The Hall–Kier alpha value is -3.04. The zero-order valence-electron chi connectivity index (χ0n) is 16.3. The van der Waals surface area contributed by atoms with E-state index in [2.05, 4.69) is 20.7 Å². The minimum absolute atomic E-state index is 0.183. The van der Waals surface area contributed by atoms with Crippen LogP contribution in [0.3, 0.4) is 0 Å². The van der Waals surface area contributed by atoms with Crippen molar-refractivity contribution in [3.63, 3.8) is 0 Å². The van der Waals surface area contributed by atoms with Gasteiger partial charge in [-0.05, 0) is 39.7 Å². The summed E-state index contributed by atoms with van der Waals surface area (Å²) in [4.78, 5) is 30.7. The first-order chi connectivity index (χ1) is 13.2. The van der Waals surface area contributed by atoms with E-state index in [1.54, 1.807) is 44.1 Å². The summed E-state index contributed by atoms with van der Waals surface area (Å²) in [6, 6.07) is 1.74. The van der Waals surface area contributed by atoms with E-state index < -0.39 is 18.0 Å². The molecule has 0 saturated carbocycles. The Kier molecular flexibility index (Phi) is 5.57. The number of aliphatic hydroxyl groups excluding tert-OH is 1. The Labute approximate surface area is 163 Å². The van der Waals surface area contributed by atoms with E-state index in [0.717, 1.165) is 0 Å². The third-order valence-electron chi connectivity index (χ3n) is 4.34. The molecular weight excluding hydrogens is 364 g/mol. The number of aliphatic hydroxyl groups is 1. The van der Waals surface area contributed by atoms with Crippen LogP contribution in [0.2, 0.25) is 0 Å². The fraction of sp³-hybridized carbons (Fsp3) is 0.556. The number of nitrogens with one attached hydrogen (secondary N) is 2. The number of hydrogen-bond acceptors (Lipinski definition) is 7. The van der Waals surface area contributed by atoms with Crippen molar-refractivity contribution in [1.29, 1.82) is 0 Å². The van der Waals surface area contributed by atoms with Gasteiger partial charge in [-0.25, -0.2) is 14.5 Å². The number of likely N-dealkylation sites (tertiary alicyclic amines) is 1. The Morgan fingerprint density at radius 3 is 2.82 bits per heavy atom. The van der Waals surface area contributed by atoms with Crippen LogP contribution in [-0.2, 0) is 9.53 Å². The van der Waals surface area contributed by atoms with E-state index in [4.69, 9.17) is 4.74 Å². The standard InChI is InChI=1S/C18H26N6O4/c1-18(2,3)28-17(27)23-8-4-6-12(11-23)14(25)21-13-10-19-16(22-15(13)26)24-9-5-7-20-24/h5,7,9-10,12,16,22,26H,4,6,8,11H2,1-3H3,(H,21,25). The van der Waals surface area contributed by atoms with Crippen LogP contribution in [0.15, 0.2) is 35.0 Å². The minimum atomic E-state index is -0.585. The number of nitrogens with zero attached hydrogens (tertiary/aromatic N) is 4. The Balaban J connectivity index is 1.58. The van der Waals surface area contributed by atoms with Crippen LogP contribution in [0.25, 0.3) is 0 Å². The number of aliphatic imine (C=N–C) groups is 1. The van der Waals surface area contributed by atoms with Gasteiger partial charge in [-0.3, -0.25) is 4.79 Å². The molecular formula is C18H26N6O4. The SMILES string of the molecule is CC(C)(C)OC(=O)N1CCCC(C(=O)NC2=C(O)NC(n3cccn3)N=C2)C1. The van der Waals surface area contributed by atoms with Gasteiger partial charge in [0.2, 0.25) is 18.1 Å². The Bertz CT molecular complexity index is 780. The molecule has 1 aromatic rings. The first-order valence-electron chi connectivity index (χ1n) is 9.24. The summed E-state index contributed by atoms with van der Waals surface area (Å²) in [6.45, 7) is 6.25. The molecule has 2 amide bonds. The number of piperidine rings is 1. The van der Waals surface area contributed by atoms with E-state index in [1.165, 1.54) is 10.9 Å². The fourth-order valence-corrected chi connectivity index (χ4v) is 3.01. The number of carbonyl (C=O) groups is 2. The normalized spacial score (nSPS) is 22.6. The number of carbonyl (C=O) groups excluding carboxylic acids is 2. The highest BCUT2D eigenvalue weighted by molar-refractivity contribution is 5.90. The fourth-order valence-electron chi connectivity index (χ4n) is 3.01. The van der Waals surface area contributed by atoms with Crippen LogP contribution in [0.4, 0.5) is 4.79 Å². The lowest BCUT2D eigenvalue weighted by Crippen LogP contribution is -2.47. The van der Waals surface area contributed by atoms with Crippen molar-refractivity contribution < 1.29 is 19.4 Å². The van der Waals surface area contributed by atoms with Gasteiger partial charge in [0.1, 0.15) is 11.3 Å². The molecule has 3 heterocycles. The van der Waals surface area contributed by atoms with Crippen LogP contribution in [0, 0.1) is 5.92 Å². The smallest absolute Gasteiger partial charge is 0.410 e. The summed E-state index contributed by atoms with van der Waals surface area (Å²) in [6.07, 6.45) is 5.07. The molecule has 28 heavy (non-hydrogen) atoms. The second-order valence-corrected chi connectivity index (χ2v) is 7.80. The van der Waals surface area contributed by atoms with Crippen LogP contribution in [0.1, 0.15) is 39.9 Å². The van der Waals surface area contributed by atoms with E-state index in [1.807, 2.05) is 0 Å². The van der Waals surface area contributed by atoms with Gasteiger partial charge < -0.3 is 25.4 Å². The number of aromatic nitrogens is 2. The number of ether oxygens (including phenoxy) is 1. The molecule has 0 spiro atoms. The van der Waals surface area contributed by atoms with Gasteiger partial charge in [0, 0.05) is 25.5 Å². The minimum Gasteiger partial charge on any atom is -0.493 e.